The van der Waals surface area contributed by atoms with E-state index in [2.05, 4.69) is 15.3 Å². The van der Waals surface area contributed by atoms with E-state index in [1.54, 1.807) is 0 Å². The minimum Gasteiger partial charge on any atom is -0.506 e. The number of aromatic hydroxyl groups is 2. The molecular weight excluding hydrogens is 399 g/mol. The number of benzene rings is 2. The Balaban J connectivity index is 1.86. The van der Waals surface area contributed by atoms with Crippen molar-refractivity contribution >= 4 is 41.6 Å². The average Bonchev–Trinajstić information content (AvgIpc) is 3.00. The predicted molar refractivity (Wildman–Crippen MR) is 101 cm³/mol. The maximum absolute atomic E-state index is 10.00. The number of aromatic nitrogens is 3. The summed E-state index contributed by atoms with van der Waals surface area (Å²) in [5.74, 6) is 0.339. The van der Waals surface area contributed by atoms with E-state index < -0.39 is 5.75 Å². The van der Waals surface area contributed by atoms with Crippen LogP contribution in [0.5, 0.6) is 17.2 Å². The molecule has 26 heavy (non-hydrogen) atoms. The highest BCUT2D eigenvalue weighted by Crippen LogP contribution is 2.40. The second-order valence-corrected chi connectivity index (χ2v) is 6.23. The Morgan fingerprint density at radius 1 is 1.23 bits per heavy atom. The maximum atomic E-state index is 10.00. The van der Waals surface area contributed by atoms with Crippen LogP contribution in [0.4, 0.5) is 0 Å². The molecule has 0 fully saturated rings. The number of nitrogens with zero attached hydrogens (tertiary/aromatic N) is 3. The Hall–Kier alpha value is -2.55. The van der Waals surface area contributed by atoms with Crippen LogP contribution >= 0.6 is 35.4 Å². The predicted octanol–water partition coefficient (Wildman–Crippen LogP) is 4.12. The zero-order valence-corrected chi connectivity index (χ0v) is 15.4. The van der Waals surface area contributed by atoms with Crippen LogP contribution in [0, 0.1) is 4.77 Å². The van der Waals surface area contributed by atoms with Gasteiger partial charge in [0.1, 0.15) is 23.1 Å². The summed E-state index contributed by atoms with van der Waals surface area (Å²) < 4.78 is 7.21. The molecule has 0 saturated heterocycles. The van der Waals surface area contributed by atoms with E-state index in [0.29, 0.717) is 11.6 Å². The van der Waals surface area contributed by atoms with Gasteiger partial charge in [-0.25, -0.2) is 5.10 Å². The van der Waals surface area contributed by atoms with Crippen molar-refractivity contribution in [1.82, 2.24) is 14.9 Å². The molecule has 7 nitrogen and oxygen atoms in total. The molecule has 0 unspecified atom stereocenters. The molecule has 10 heteroatoms. The molecule has 0 aliphatic heterocycles. The van der Waals surface area contributed by atoms with Crippen molar-refractivity contribution in [2.45, 2.75) is 6.61 Å². The van der Waals surface area contributed by atoms with Crippen molar-refractivity contribution in [2.75, 3.05) is 0 Å². The molecule has 134 valence electrons. The smallest absolute Gasteiger partial charge is 0.216 e. The minimum absolute atomic E-state index is 0.0160. The van der Waals surface area contributed by atoms with Crippen molar-refractivity contribution in [2.24, 2.45) is 5.10 Å². The summed E-state index contributed by atoms with van der Waals surface area (Å²) in [5.41, 5.74) is 0.204. The first kappa shape index (κ1) is 18.2. The molecule has 0 atom stereocenters. The molecule has 0 spiro atoms. The normalized spacial score (nSPS) is 11.2. The number of H-pyrrole nitrogens is 1. The van der Waals surface area contributed by atoms with Crippen molar-refractivity contribution in [3.8, 4) is 17.2 Å². The SMILES string of the molecule is Oc1c(Cl)cc(/C=N\n2c(COc3ccccc3)n[nH]c2=S)c(O)c1Cl. The standard InChI is InChI=1S/C16H12Cl2N4O3S/c17-11-6-9(14(23)13(18)15(11)24)7-19-22-12(20-21-16(22)26)8-25-10-4-2-1-3-5-10/h1-7,23-24H,8H2,(H,21,26)/b19-7-. The topological polar surface area (TPSA) is 95.7 Å². The summed E-state index contributed by atoms with van der Waals surface area (Å²) in [6.45, 7) is 0.123. The average molecular weight is 411 g/mol. The maximum Gasteiger partial charge on any atom is 0.216 e. The second-order valence-electron chi connectivity index (χ2n) is 5.06. The summed E-state index contributed by atoms with van der Waals surface area (Å²) >= 11 is 16.8. The lowest BCUT2D eigenvalue weighted by Gasteiger charge is -2.06. The lowest BCUT2D eigenvalue weighted by Crippen LogP contribution is -2.04. The summed E-state index contributed by atoms with van der Waals surface area (Å²) in [4.78, 5) is 0. The van der Waals surface area contributed by atoms with Crippen molar-refractivity contribution in [1.29, 1.82) is 0 Å². The molecule has 1 aromatic heterocycles. The van der Waals surface area contributed by atoms with Crippen molar-refractivity contribution in [3.63, 3.8) is 0 Å². The monoisotopic (exact) mass is 410 g/mol. The zero-order valence-electron chi connectivity index (χ0n) is 13.1. The zero-order chi connectivity index (χ0) is 18.7. The van der Waals surface area contributed by atoms with Gasteiger partial charge in [0.15, 0.2) is 11.6 Å². The highest BCUT2D eigenvalue weighted by atomic mass is 35.5. The number of hydrogen-bond donors (Lipinski definition) is 3. The Morgan fingerprint density at radius 3 is 2.69 bits per heavy atom. The van der Waals surface area contributed by atoms with E-state index in [9.17, 15) is 10.2 Å². The fraction of sp³-hybridized carbons (Fsp3) is 0.0625. The number of halogens is 2. The van der Waals surface area contributed by atoms with Crippen LogP contribution in [0.15, 0.2) is 41.5 Å². The van der Waals surface area contributed by atoms with E-state index in [4.69, 9.17) is 40.2 Å². The van der Waals surface area contributed by atoms with Crippen LogP contribution in [0.2, 0.25) is 10.0 Å². The van der Waals surface area contributed by atoms with Crippen LogP contribution in [-0.2, 0) is 6.61 Å². The molecular formula is C16H12Cl2N4O3S. The van der Waals surface area contributed by atoms with Crippen LogP contribution < -0.4 is 4.74 Å². The summed E-state index contributed by atoms with van der Waals surface area (Å²) in [5, 5.41) is 30.2. The van der Waals surface area contributed by atoms with Crippen molar-refractivity contribution < 1.29 is 14.9 Å². The van der Waals surface area contributed by atoms with E-state index in [0.717, 1.165) is 0 Å². The number of hydrogen-bond acceptors (Lipinski definition) is 6. The Morgan fingerprint density at radius 2 is 1.96 bits per heavy atom. The first-order valence-electron chi connectivity index (χ1n) is 7.25. The number of aromatic amines is 1. The lowest BCUT2D eigenvalue weighted by molar-refractivity contribution is 0.290. The lowest BCUT2D eigenvalue weighted by atomic mass is 10.2. The second kappa shape index (κ2) is 7.77. The third kappa shape index (κ3) is 3.82. The molecule has 0 radical (unpaired) electrons. The van der Waals surface area contributed by atoms with Gasteiger partial charge in [-0.2, -0.15) is 14.9 Å². The van der Waals surface area contributed by atoms with Gasteiger partial charge in [0, 0.05) is 5.56 Å². The third-order valence-electron chi connectivity index (χ3n) is 3.34. The highest BCUT2D eigenvalue weighted by molar-refractivity contribution is 7.71. The first-order valence-corrected chi connectivity index (χ1v) is 8.42. The van der Waals surface area contributed by atoms with Gasteiger partial charge in [-0.1, -0.05) is 41.4 Å². The van der Waals surface area contributed by atoms with E-state index in [-0.39, 0.29) is 32.7 Å². The number of ether oxygens (including phenoxy) is 1. The largest absolute Gasteiger partial charge is 0.506 e. The van der Waals surface area contributed by atoms with E-state index in [1.807, 2.05) is 30.3 Å². The van der Waals surface area contributed by atoms with Gasteiger partial charge in [-0.05, 0) is 30.4 Å². The van der Waals surface area contributed by atoms with Gasteiger partial charge in [0.25, 0.3) is 0 Å². The van der Waals surface area contributed by atoms with E-state index in [1.165, 1.54) is 17.0 Å². The molecule has 2 aromatic carbocycles. The van der Waals surface area contributed by atoms with Gasteiger partial charge in [-0.3, -0.25) is 0 Å². The summed E-state index contributed by atoms with van der Waals surface area (Å²) in [6, 6.07) is 10.5. The number of phenols is 2. The van der Waals surface area contributed by atoms with Gasteiger partial charge in [0.2, 0.25) is 4.77 Å². The number of rotatable bonds is 5. The van der Waals surface area contributed by atoms with Crippen LogP contribution in [0.3, 0.4) is 0 Å². The van der Waals surface area contributed by atoms with Gasteiger partial charge in [0.05, 0.1) is 11.2 Å². The molecule has 1 heterocycles. The van der Waals surface area contributed by atoms with Crippen LogP contribution in [0.1, 0.15) is 11.4 Å². The minimum atomic E-state index is -0.403. The van der Waals surface area contributed by atoms with Gasteiger partial charge >= 0.3 is 0 Å². The highest BCUT2D eigenvalue weighted by Gasteiger charge is 2.14. The molecule has 0 bridgehead atoms. The third-order valence-corrected chi connectivity index (χ3v) is 4.25. The van der Waals surface area contributed by atoms with E-state index >= 15 is 0 Å². The molecule has 0 aliphatic rings. The fourth-order valence-corrected chi connectivity index (χ4v) is 2.71. The van der Waals surface area contributed by atoms with Gasteiger partial charge < -0.3 is 14.9 Å². The van der Waals surface area contributed by atoms with Gasteiger partial charge in [-0.15, -0.1) is 0 Å². The fourth-order valence-electron chi connectivity index (χ4n) is 2.04. The Bertz CT molecular complexity index is 1020. The number of phenolic OH excluding ortho intramolecular Hbond substituents is 2. The summed E-state index contributed by atoms with van der Waals surface area (Å²) in [7, 11) is 0. The van der Waals surface area contributed by atoms with Crippen LogP contribution in [0.25, 0.3) is 0 Å². The first-order chi connectivity index (χ1) is 12.5. The quantitative estimate of drug-likeness (QED) is 0.434. The molecule has 3 rings (SSSR count). The molecule has 0 amide bonds. The molecule has 3 N–H and O–H groups in total. The molecule has 0 aliphatic carbocycles. The Labute approximate surface area is 163 Å². The molecule has 3 aromatic rings. The summed E-state index contributed by atoms with van der Waals surface area (Å²) in [6.07, 6.45) is 1.30. The Kier molecular flexibility index (Phi) is 5.46. The van der Waals surface area contributed by atoms with Crippen molar-refractivity contribution in [3.05, 3.63) is 62.6 Å². The van der Waals surface area contributed by atoms with Crippen LogP contribution in [-0.4, -0.2) is 31.3 Å². The molecule has 0 saturated carbocycles. The number of para-hydroxylation sites is 1. The number of nitrogens with one attached hydrogen (secondary N) is 1.